The molecule has 0 bridgehead atoms. The van der Waals surface area contributed by atoms with Crippen molar-refractivity contribution in [3.63, 3.8) is 0 Å². The van der Waals surface area contributed by atoms with Crippen molar-refractivity contribution >= 4 is 32.2 Å². The Morgan fingerprint density at radius 2 is 2.06 bits per heavy atom. The summed E-state index contributed by atoms with van der Waals surface area (Å²) in [6, 6.07) is 0. The van der Waals surface area contributed by atoms with Crippen LogP contribution in [0.2, 0.25) is 0 Å². The molecule has 0 amide bonds. The van der Waals surface area contributed by atoms with Crippen molar-refractivity contribution < 1.29 is 8.42 Å². The smallest absolute Gasteiger partial charge is 0.273 e. The summed E-state index contributed by atoms with van der Waals surface area (Å²) >= 11 is 0.942. The Morgan fingerprint density at radius 1 is 1.39 bits per heavy atom. The van der Waals surface area contributed by atoms with Gasteiger partial charge >= 0.3 is 0 Å². The van der Waals surface area contributed by atoms with Crippen LogP contribution in [0, 0.1) is 13.8 Å². The monoisotopic (exact) mass is 287 g/mol. The molecule has 0 atom stereocenters. The van der Waals surface area contributed by atoms with Gasteiger partial charge in [0, 0.05) is 13.2 Å². The average molecular weight is 287 g/mol. The molecule has 9 heteroatoms. The lowest BCUT2D eigenvalue weighted by atomic mass is 10.4. The van der Waals surface area contributed by atoms with Crippen molar-refractivity contribution in [1.82, 2.24) is 14.8 Å². The summed E-state index contributed by atoms with van der Waals surface area (Å²) in [5.74, 6) is 0. The van der Waals surface area contributed by atoms with E-state index in [2.05, 4.69) is 14.8 Å². The second-order valence-corrected chi connectivity index (χ2v) is 6.74. The van der Waals surface area contributed by atoms with Gasteiger partial charge in [0.15, 0.2) is 9.34 Å². The number of hydrogen-bond acceptors (Lipinski definition) is 6. The number of aromatic nitrogens is 3. The minimum absolute atomic E-state index is 0.128. The Bertz CT molecular complexity index is 686. The van der Waals surface area contributed by atoms with Crippen LogP contribution in [0.4, 0.5) is 10.8 Å². The van der Waals surface area contributed by atoms with Crippen molar-refractivity contribution in [3.05, 3.63) is 17.6 Å². The van der Waals surface area contributed by atoms with Gasteiger partial charge in [-0.2, -0.15) is 5.10 Å². The molecule has 0 saturated heterocycles. The molecule has 0 spiro atoms. The quantitative estimate of drug-likeness (QED) is 0.872. The van der Waals surface area contributed by atoms with E-state index in [1.54, 1.807) is 31.8 Å². The third-order valence-electron chi connectivity index (χ3n) is 2.27. The Hall–Kier alpha value is -1.61. The van der Waals surface area contributed by atoms with Gasteiger partial charge in [-0.05, 0) is 13.8 Å². The third kappa shape index (κ3) is 2.31. The van der Waals surface area contributed by atoms with E-state index in [9.17, 15) is 8.42 Å². The van der Waals surface area contributed by atoms with Gasteiger partial charge in [0.25, 0.3) is 10.0 Å². The van der Waals surface area contributed by atoms with Crippen LogP contribution < -0.4 is 10.5 Å². The predicted molar refractivity (Wildman–Crippen MR) is 70.0 cm³/mol. The molecule has 0 radical (unpaired) electrons. The molecule has 2 aromatic rings. The van der Waals surface area contributed by atoms with Crippen LogP contribution >= 0.6 is 11.3 Å². The molecule has 7 nitrogen and oxygen atoms in total. The Labute approximate surface area is 109 Å². The van der Waals surface area contributed by atoms with E-state index in [4.69, 9.17) is 5.73 Å². The molecule has 3 N–H and O–H groups in total. The zero-order chi connectivity index (χ0) is 13.5. The average Bonchev–Trinajstić information content (AvgIpc) is 2.70. The van der Waals surface area contributed by atoms with Gasteiger partial charge in [-0.1, -0.05) is 11.3 Å². The molecular formula is C9H13N5O2S2. The number of nitrogens with one attached hydrogen (secondary N) is 1. The van der Waals surface area contributed by atoms with Crippen LogP contribution in [-0.4, -0.2) is 23.2 Å². The minimum Gasteiger partial charge on any atom is -0.375 e. The lowest BCUT2D eigenvalue weighted by Crippen LogP contribution is -2.12. The standard InChI is InChI=1S/C9H13N5O2S2/c1-5-7(4-14(3)12-5)13-18(15,16)8-6(2)11-9(10)17-8/h4,13H,1-3H3,(H2,10,11). The molecule has 0 fully saturated rings. The van der Waals surface area contributed by atoms with Gasteiger partial charge in [-0.25, -0.2) is 13.4 Å². The molecule has 0 aromatic carbocycles. The first-order valence-corrected chi connectivity index (χ1v) is 7.35. The highest BCUT2D eigenvalue weighted by molar-refractivity contribution is 7.94. The highest BCUT2D eigenvalue weighted by atomic mass is 32.2. The van der Waals surface area contributed by atoms with Gasteiger partial charge in [0.1, 0.15) is 0 Å². The highest BCUT2D eigenvalue weighted by Crippen LogP contribution is 2.27. The number of nitrogens with two attached hydrogens (primary N) is 1. The van der Waals surface area contributed by atoms with E-state index < -0.39 is 10.0 Å². The Balaban J connectivity index is 2.39. The van der Waals surface area contributed by atoms with Crippen LogP contribution in [0.25, 0.3) is 0 Å². The summed E-state index contributed by atoms with van der Waals surface area (Å²) in [4.78, 5) is 3.90. The second-order valence-electron chi connectivity index (χ2n) is 3.83. The fourth-order valence-corrected chi connectivity index (χ4v) is 3.95. The van der Waals surface area contributed by atoms with E-state index in [0.717, 1.165) is 11.3 Å². The number of nitrogens with zero attached hydrogens (tertiary/aromatic N) is 3. The van der Waals surface area contributed by atoms with Gasteiger partial charge in [0.2, 0.25) is 0 Å². The number of thiazole rings is 1. The fraction of sp³-hybridized carbons (Fsp3) is 0.333. The Morgan fingerprint density at radius 3 is 2.50 bits per heavy atom. The topological polar surface area (TPSA) is 103 Å². The summed E-state index contributed by atoms with van der Waals surface area (Å²) in [6.07, 6.45) is 1.60. The maximum absolute atomic E-state index is 12.2. The first-order valence-electron chi connectivity index (χ1n) is 5.05. The van der Waals surface area contributed by atoms with Crippen molar-refractivity contribution in [1.29, 1.82) is 0 Å². The summed E-state index contributed by atoms with van der Waals surface area (Å²) in [5, 5.41) is 4.30. The van der Waals surface area contributed by atoms with Gasteiger partial charge in [-0.3, -0.25) is 9.40 Å². The molecular weight excluding hydrogens is 274 g/mol. The second kappa shape index (κ2) is 4.25. The first kappa shape index (κ1) is 12.8. The summed E-state index contributed by atoms with van der Waals surface area (Å²) in [5.41, 5.74) is 6.95. The Kier molecular flexibility index (Phi) is 3.03. The van der Waals surface area contributed by atoms with Crippen LogP contribution in [0.3, 0.4) is 0 Å². The molecule has 2 aromatic heterocycles. The number of sulfonamides is 1. The number of anilines is 2. The molecule has 98 valence electrons. The van der Waals surface area contributed by atoms with E-state index in [1.165, 1.54) is 0 Å². The highest BCUT2D eigenvalue weighted by Gasteiger charge is 2.22. The van der Waals surface area contributed by atoms with Crippen molar-refractivity contribution in [2.24, 2.45) is 7.05 Å². The van der Waals surface area contributed by atoms with Crippen LogP contribution in [0.15, 0.2) is 10.4 Å². The van der Waals surface area contributed by atoms with Gasteiger partial charge in [0.05, 0.1) is 17.1 Å². The summed E-state index contributed by atoms with van der Waals surface area (Å²) in [6.45, 7) is 3.34. The van der Waals surface area contributed by atoms with Gasteiger partial charge in [-0.15, -0.1) is 0 Å². The first-order chi connectivity index (χ1) is 8.29. The van der Waals surface area contributed by atoms with E-state index in [-0.39, 0.29) is 9.34 Å². The molecule has 0 aliphatic heterocycles. The van der Waals surface area contributed by atoms with Crippen LogP contribution in [0.5, 0.6) is 0 Å². The maximum Gasteiger partial charge on any atom is 0.273 e. The maximum atomic E-state index is 12.2. The van der Waals surface area contributed by atoms with Crippen LogP contribution in [-0.2, 0) is 17.1 Å². The van der Waals surface area contributed by atoms with Crippen molar-refractivity contribution in [2.45, 2.75) is 18.1 Å². The molecule has 0 saturated carbocycles. The molecule has 18 heavy (non-hydrogen) atoms. The molecule has 0 aliphatic carbocycles. The predicted octanol–water partition coefficient (Wildman–Crippen LogP) is 0.876. The SMILES string of the molecule is Cc1nn(C)cc1NS(=O)(=O)c1sc(N)nc1C. The van der Waals surface area contributed by atoms with Crippen LogP contribution in [0.1, 0.15) is 11.4 Å². The fourth-order valence-electron chi connectivity index (χ4n) is 1.54. The lowest BCUT2D eigenvalue weighted by Gasteiger charge is -2.04. The largest absolute Gasteiger partial charge is 0.375 e. The number of nitrogen functional groups attached to an aromatic ring is 1. The zero-order valence-corrected chi connectivity index (χ0v) is 11.8. The number of aryl methyl sites for hydroxylation is 3. The summed E-state index contributed by atoms with van der Waals surface area (Å²) in [7, 11) is -1.94. The number of hydrogen-bond donors (Lipinski definition) is 2. The zero-order valence-electron chi connectivity index (χ0n) is 10.1. The van der Waals surface area contributed by atoms with Crippen molar-refractivity contribution in [3.8, 4) is 0 Å². The van der Waals surface area contributed by atoms with E-state index in [0.29, 0.717) is 17.1 Å². The van der Waals surface area contributed by atoms with Crippen molar-refractivity contribution in [2.75, 3.05) is 10.5 Å². The minimum atomic E-state index is -3.66. The lowest BCUT2D eigenvalue weighted by molar-refractivity contribution is 0.602. The molecule has 2 heterocycles. The molecule has 0 aliphatic rings. The summed E-state index contributed by atoms with van der Waals surface area (Å²) < 4.78 is 28.5. The van der Waals surface area contributed by atoms with E-state index in [1.807, 2.05) is 0 Å². The number of rotatable bonds is 3. The van der Waals surface area contributed by atoms with Gasteiger partial charge < -0.3 is 5.73 Å². The normalized spacial score (nSPS) is 11.7. The molecule has 2 rings (SSSR count). The molecule has 0 unspecified atom stereocenters. The van der Waals surface area contributed by atoms with E-state index >= 15 is 0 Å². The third-order valence-corrected chi connectivity index (χ3v) is 5.23.